The highest BCUT2D eigenvalue weighted by Gasteiger charge is 2.26. The molecule has 0 aliphatic heterocycles. The molecule has 2 nitrogen and oxygen atoms in total. The molecular weight excluding hydrogens is 260 g/mol. The molecule has 0 aliphatic carbocycles. The summed E-state index contributed by atoms with van der Waals surface area (Å²) in [5.41, 5.74) is 0.923. The first-order chi connectivity index (χ1) is 8.78. The number of halogens is 4. The highest BCUT2D eigenvalue weighted by molar-refractivity contribution is 5.15. The van der Waals surface area contributed by atoms with Crippen molar-refractivity contribution >= 4 is 0 Å². The molecule has 1 aromatic rings. The quantitative estimate of drug-likeness (QED) is 0.805. The monoisotopic (exact) mass is 278 g/mol. The Morgan fingerprint density at radius 1 is 1.21 bits per heavy atom. The van der Waals surface area contributed by atoms with Crippen LogP contribution in [0, 0.1) is 5.82 Å². The van der Waals surface area contributed by atoms with Gasteiger partial charge in [0.2, 0.25) is 0 Å². The molecule has 0 fully saturated rings. The van der Waals surface area contributed by atoms with Gasteiger partial charge in [-0.1, -0.05) is 12.1 Å². The van der Waals surface area contributed by atoms with Gasteiger partial charge in [0.05, 0.1) is 6.54 Å². The fourth-order valence-corrected chi connectivity index (χ4v) is 1.61. The Hall–Kier alpha value is -1.14. The van der Waals surface area contributed by atoms with Gasteiger partial charge in [0.15, 0.2) is 0 Å². The summed E-state index contributed by atoms with van der Waals surface area (Å²) in [4.78, 5) is 1.91. The third kappa shape index (κ3) is 6.54. The molecule has 0 aliphatic rings. The molecule has 0 heterocycles. The van der Waals surface area contributed by atoms with Crippen molar-refractivity contribution in [3.05, 3.63) is 35.6 Å². The van der Waals surface area contributed by atoms with Crippen molar-refractivity contribution in [2.24, 2.45) is 0 Å². The highest BCUT2D eigenvalue weighted by atomic mass is 19.4. The Morgan fingerprint density at radius 2 is 1.79 bits per heavy atom. The van der Waals surface area contributed by atoms with E-state index in [2.05, 4.69) is 5.32 Å². The van der Waals surface area contributed by atoms with Gasteiger partial charge in [0.25, 0.3) is 0 Å². The molecule has 108 valence electrons. The van der Waals surface area contributed by atoms with Crippen molar-refractivity contribution in [1.29, 1.82) is 0 Å². The lowest BCUT2D eigenvalue weighted by Gasteiger charge is -2.25. The van der Waals surface area contributed by atoms with Crippen molar-refractivity contribution < 1.29 is 17.6 Å². The summed E-state index contributed by atoms with van der Waals surface area (Å²) in [7, 11) is 1.82. The number of hydrogen-bond donors (Lipinski definition) is 1. The zero-order valence-corrected chi connectivity index (χ0v) is 11.0. The van der Waals surface area contributed by atoms with E-state index in [-0.39, 0.29) is 18.4 Å². The van der Waals surface area contributed by atoms with E-state index in [1.807, 2.05) is 18.9 Å². The summed E-state index contributed by atoms with van der Waals surface area (Å²) in [6, 6.07) is 6.03. The topological polar surface area (TPSA) is 15.3 Å². The van der Waals surface area contributed by atoms with E-state index in [1.54, 1.807) is 12.1 Å². The van der Waals surface area contributed by atoms with Crippen molar-refractivity contribution in [1.82, 2.24) is 10.2 Å². The molecule has 0 aromatic heterocycles. The lowest BCUT2D eigenvalue weighted by atomic mass is 10.2. The minimum Gasteiger partial charge on any atom is -0.307 e. The number of alkyl halides is 3. The Balaban J connectivity index is 2.36. The number of hydrogen-bond acceptors (Lipinski definition) is 2. The summed E-state index contributed by atoms with van der Waals surface area (Å²) >= 11 is 0. The number of likely N-dealkylation sites (N-methyl/N-ethyl adjacent to an activating group) is 1. The van der Waals surface area contributed by atoms with Crippen LogP contribution in [0.1, 0.15) is 12.5 Å². The normalized spacial score (nSPS) is 13.8. The standard InChI is InChI=1S/C13H18F4N2/c1-10(7-18-9-13(15,16)17)19(2)8-11-3-5-12(14)6-4-11/h3-6,10,18H,7-9H2,1-2H3. The predicted octanol–water partition coefficient (Wildman–Crippen LogP) is 2.80. The lowest BCUT2D eigenvalue weighted by molar-refractivity contribution is -0.125. The average Bonchev–Trinajstić information content (AvgIpc) is 2.30. The largest absolute Gasteiger partial charge is 0.401 e. The summed E-state index contributed by atoms with van der Waals surface area (Å²) in [5, 5.41) is 2.37. The zero-order chi connectivity index (χ0) is 14.5. The van der Waals surface area contributed by atoms with Gasteiger partial charge in [0, 0.05) is 19.1 Å². The smallest absolute Gasteiger partial charge is 0.307 e. The van der Waals surface area contributed by atoms with Crippen LogP contribution in [-0.4, -0.2) is 37.3 Å². The van der Waals surface area contributed by atoms with Crippen LogP contribution in [-0.2, 0) is 6.54 Å². The summed E-state index contributed by atoms with van der Waals surface area (Å²) in [6.45, 7) is 1.67. The van der Waals surface area contributed by atoms with E-state index in [0.29, 0.717) is 6.54 Å². The van der Waals surface area contributed by atoms with Gasteiger partial charge in [-0.2, -0.15) is 13.2 Å². The summed E-state index contributed by atoms with van der Waals surface area (Å²) in [6.07, 6.45) is -4.19. The molecule has 0 bridgehead atoms. The molecule has 1 unspecified atom stereocenters. The molecule has 0 radical (unpaired) electrons. The van der Waals surface area contributed by atoms with Crippen LogP contribution in [0.4, 0.5) is 17.6 Å². The second-order valence-electron chi connectivity index (χ2n) is 4.64. The van der Waals surface area contributed by atoms with Crippen molar-refractivity contribution in [2.45, 2.75) is 25.7 Å². The van der Waals surface area contributed by atoms with Gasteiger partial charge in [-0.15, -0.1) is 0 Å². The Morgan fingerprint density at radius 3 is 2.32 bits per heavy atom. The SMILES string of the molecule is CC(CNCC(F)(F)F)N(C)Cc1ccc(F)cc1. The van der Waals surface area contributed by atoms with Crippen LogP contribution in [0.2, 0.25) is 0 Å². The first kappa shape index (κ1) is 15.9. The van der Waals surface area contributed by atoms with E-state index in [4.69, 9.17) is 0 Å². The zero-order valence-electron chi connectivity index (χ0n) is 11.0. The van der Waals surface area contributed by atoms with Crippen LogP contribution >= 0.6 is 0 Å². The van der Waals surface area contributed by atoms with Gasteiger partial charge in [0.1, 0.15) is 5.82 Å². The summed E-state index contributed by atoms with van der Waals surface area (Å²) in [5.74, 6) is -0.300. The van der Waals surface area contributed by atoms with Crippen LogP contribution in [0.3, 0.4) is 0 Å². The number of rotatable bonds is 6. The molecule has 1 N–H and O–H groups in total. The molecule has 0 amide bonds. The molecular formula is C13H18F4N2. The van der Waals surface area contributed by atoms with Gasteiger partial charge in [-0.05, 0) is 31.7 Å². The minimum atomic E-state index is -4.19. The first-order valence-corrected chi connectivity index (χ1v) is 6.00. The maximum Gasteiger partial charge on any atom is 0.401 e. The van der Waals surface area contributed by atoms with E-state index in [0.717, 1.165) is 5.56 Å². The number of nitrogens with zero attached hydrogens (tertiary/aromatic N) is 1. The van der Waals surface area contributed by atoms with Gasteiger partial charge in [-0.3, -0.25) is 4.90 Å². The van der Waals surface area contributed by atoms with Crippen LogP contribution < -0.4 is 5.32 Å². The molecule has 0 saturated heterocycles. The second-order valence-corrected chi connectivity index (χ2v) is 4.64. The van der Waals surface area contributed by atoms with Crippen LogP contribution in [0.15, 0.2) is 24.3 Å². The highest BCUT2D eigenvalue weighted by Crippen LogP contribution is 2.12. The van der Waals surface area contributed by atoms with E-state index < -0.39 is 12.7 Å². The Kier molecular flexibility index (Phi) is 5.75. The molecule has 1 rings (SSSR count). The third-order valence-corrected chi connectivity index (χ3v) is 2.86. The fraction of sp³-hybridized carbons (Fsp3) is 0.538. The Labute approximate surface area is 110 Å². The predicted molar refractivity (Wildman–Crippen MR) is 66.3 cm³/mol. The first-order valence-electron chi connectivity index (χ1n) is 6.00. The van der Waals surface area contributed by atoms with E-state index in [9.17, 15) is 17.6 Å². The van der Waals surface area contributed by atoms with Gasteiger partial charge < -0.3 is 5.32 Å². The summed E-state index contributed by atoms with van der Waals surface area (Å²) < 4.78 is 48.7. The maximum atomic E-state index is 12.7. The van der Waals surface area contributed by atoms with E-state index in [1.165, 1.54) is 12.1 Å². The molecule has 0 spiro atoms. The Bertz CT molecular complexity index is 375. The fourth-order valence-electron chi connectivity index (χ4n) is 1.61. The van der Waals surface area contributed by atoms with Gasteiger partial charge >= 0.3 is 6.18 Å². The number of nitrogens with one attached hydrogen (secondary N) is 1. The second kappa shape index (κ2) is 6.86. The van der Waals surface area contributed by atoms with Gasteiger partial charge in [-0.25, -0.2) is 4.39 Å². The van der Waals surface area contributed by atoms with Crippen molar-refractivity contribution in [3.8, 4) is 0 Å². The van der Waals surface area contributed by atoms with Crippen molar-refractivity contribution in [3.63, 3.8) is 0 Å². The molecule has 19 heavy (non-hydrogen) atoms. The van der Waals surface area contributed by atoms with Crippen LogP contribution in [0.5, 0.6) is 0 Å². The molecule has 1 aromatic carbocycles. The van der Waals surface area contributed by atoms with Crippen LogP contribution in [0.25, 0.3) is 0 Å². The molecule has 6 heteroatoms. The van der Waals surface area contributed by atoms with Crippen molar-refractivity contribution in [2.75, 3.05) is 20.1 Å². The van der Waals surface area contributed by atoms with E-state index >= 15 is 0 Å². The molecule has 0 saturated carbocycles. The third-order valence-electron chi connectivity index (χ3n) is 2.86. The molecule has 1 atom stereocenters. The average molecular weight is 278 g/mol. The maximum absolute atomic E-state index is 12.7. The lowest BCUT2D eigenvalue weighted by Crippen LogP contribution is -2.40. The minimum absolute atomic E-state index is 0.0487. The number of benzene rings is 1.